The van der Waals surface area contributed by atoms with Crippen LogP contribution in [-0.2, 0) is 0 Å². The minimum atomic E-state index is 0.274. The van der Waals surface area contributed by atoms with Crippen LogP contribution in [0.15, 0.2) is 36.5 Å². The molecular weight excluding hydrogens is 274 g/mol. The third-order valence-electron chi connectivity index (χ3n) is 2.84. The van der Waals surface area contributed by atoms with Crippen LogP contribution in [0.3, 0.4) is 0 Å². The van der Waals surface area contributed by atoms with Gasteiger partial charge in [-0.25, -0.2) is 0 Å². The van der Waals surface area contributed by atoms with Crippen LogP contribution in [0.5, 0.6) is 11.5 Å². The summed E-state index contributed by atoms with van der Waals surface area (Å²) in [6.45, 7) is 1.15. The molecule has 1 aromatic carbocycles. The molecular formula is C14H13N3O2S. The molecule has 2 aromatic rings. The zero-order chi connectivity index (χ0) is 13.9. The van der Waals surface area contributed by atoms with Gasteiger partial charge in [0.1, 0.15) is 18.2 Å². The Labute approximate surface area is 121 Å². The first kappa shape index (κ1) is 12.7. The second-order valence-corrected chi connectivity index (χ2v) is 4.72. The topological polar surface area (TPSA) is 69.4 Å². The van der Waals surface area contributed by atoms with Crippen LogP contribution in [0.25, 0.3) is 0 Å². The molecule has 3 rings (SSSR count). The minimum Gasteiger partial charge on any atom is -0.486 e. The molecule has 0 radical (unpaired) electrons. The molecule has 3 N–H and O–H groups in total. The number of benzene rings is 1. The molecule has 5 nitrogen and oxygen atoms in total. The van der Waals surface area contributed by atoms with Crippen molar-refractivity contribution in [2.75, 3.05) is 18.5 Å². The number of nitrogens with one attached hydrogen (secondary N) is 1. The van der Waals surface area contributed by atoms with Crippen molar-refractivity contribution >= 4 is 28.6 Å². The number of hydrogen-bond acceptors (Lipinski definition) is 5. The van der Waals surface area contributed by atoms with E-state index >= 15 is 0 Å². The van der Waals surface area contributed by atoms with Gasteiger partial charge >= 0.3 is 0 Å². The Bertz CT molecular complexity index is 661. The van der Waals surface area contributed by atoms with Crippen molar-refractivity contribution in [2.45, 2.75) is 0 Å². The van der Waals surface area contributed by atoms with Crippen molar-refractivity contribution in [3.05, 3.63) is 42.2 Å². The van der Waals surface area contributed by atoms with Crippen LogP contribution >= 0.6 is 12.2 Å². The van der Waals surface area contributed by atoms with Crippen molar-refractivity contribution in [1.82, 2.24) is 4.98 Å². The van der Waals surface area contributed by atoms with E-state index in [4.69, 9.17) is 27.4 Å². The molecule has 1 aliphatic heterocycles. The number of thiocarbonyl (C=S) groups is 1. The second-order valence-electron chi connectivity index (χ2n) is 4.28. The molecule has 0 saturated heterocycles. The molecule has 20 heavy (non-hydrogen) atoms. The molecule has 6 heteroatoms. The number of anilines is 2. The van der Waals surface area contributed by atoms with E-state index in [0.717, 1.165) is 22.9 Å². The Hall–Kier alpha value is -2.34. The fourth-order valence-electron chi connectivity index (χ4n) is 1.93. The van der Waals surface area contributed by atoms with Crippen LogP contribution in [0.4, 0.5) is 11.4 Å². The highest BCUT2D eigenvalue weighted by molar-refractivity contribution is 7.80. The molecule has 0 unspecified atom stereocenters. The average molecular weight is 287 g/mol. The molecule has 0 amide bonds. The lowest BCUT2D eigenvalue weighted by atomic mass is 10.2. The Morgan fingerprint density at radius 1 is 1.10 bits per heavy atom. The molecule has 0 atom stereocenters. The van der Waals surface area contributed by atoms with Gasteiger partial charge < -0.3 is 20.5 Å². The predicted molar refractivity (Wildman–Crippen MR) is 80.8 cm³/mol. The maximum atomic E-state index is 5.57. The molecule has 0 saturated carbocycles. The SMILES string of the molecule is NC(=S)c1cc(Nc2ccc3c(c2)OCCO3)ccn1. The van der Waals surface area contributed by atoms with E-state index in [1.54, 1.807) is 12.3 Å². The normalized spacial score (nSPS) is 12.8. The van der Waals surface area contributed by atoms with Gasteiger partial charge in [0.15, 0.2) is 11.5 Å². The fourth-order valence-corrected chi connectivity index (χ4v) is 2.04. The Balaban J connectivity index is 1.84. The molecule has 0 spiro atoms. The summed E-state index contributed by atoms with van der Waals surface area (Å²) in [7, 11) is 0. The van der Waals surface area contributed by atoms with Gasteiger partial charge in [-0.3, -0.25) is 4.98 Å². The van der Waals surface area contributed by atoms with Crippen LogP contribution < -0.4 is 20.5 Å². The molecule has 1 aliphatic rings. The van der Waals surface area contributed by atoms with Gasteiger partial charge in [-0.2, -0.15) is 0 Å². The lowest BCUT2D eigenvalue weighted by Gasteiger charge is -2.19. The number of fused-ring (bicyclic) bond motifs is 1. The Morgan fingerprint density at radius 2 is 1.85 bits per heavy atom. The zero-order valence-corrected chi connectivity index (χ0v) is 11.4. The summed E-state index contributed by atoms with van der Waals surface area (Å²) in [5.74, 6) is 1.50. The quantitative estimate of drug-likeness (QED) is 0.844. The molecule has 102 valence electrons. The van der Waals surface area contributed by atoms with E-state index in [0.29, 0.717) is 18.9 Å². The standard InChI is InChI=1S/C14H13N3O2S/c15-14(20)11-7-10(3-4-16-11)17-9-1-2-12-13(8-9)19-6-5-18-12/h1-4,7-8H,5-6H2,(H2,15,20)(H,16,17). The summed E-state index contributed by atoms with van der Waals surface area (Å²) in [5.41, 5.74) is 7.92. The number of nitrogens with zero attached hydrogens (tertiary/aromatic N) is 1. The predicted octanol–water partition coefficient (Wildman–Crippen LogP) is 2.23. The van der Waals surface area contributed by atoms with Crippen LogP contribution in [0.1, 0.15) is 5.69 Å². The van der Waals surface area contributed by atoms with Crippen molar-refractivity contribution < 1.29 is 9.47 Å². The van der Waals surface area contributed by atoms with Crippen molar-refractivity contribution in [2.24, 2.45) is 5.73 Å². The van der Waals surface area contributed by atoms with E-state index in [2.05, 4.69) is 10.3 Å². The third-order valence-corrected chi connectivity index (χ3v) is 3.05. The van der Waals surface area contributed by atoms with Crippen LogP contribution in [0, 0.1) is 0 Å². The summed E-state index contributed by atoms with van der Waals surface area (Å²) in [6, 6.07) is 9.36. The summed E-state index contributed by atoms with van der Waals surface area (Å²) in [6.07, 6.45) is 1.66. The van der Waals surface area contributed by atoms with Gasteiger partial charge in [0.2, 0.25) is 0 Å². The first-order valence-electron chi connectivity index (χ1n) is 6.15. The number of ether oxygens (including phenoxy) is 2. The number of hydrogen-bond donors (Lipinski definition) is 2. The van der Waals surface area contributed by atoms with Gasteiger partial charge in [0.05, 0.1) is 5.69 Å². The molecule has 2 heterocycles. The first-order valence-corrected chi connectivity index (χ1v) is 6.56. The fraction of sp³-hybridized carbons (Fsp3) is 0.143. The molecule has 0 bridgehead atoms. The first-order chi connectivity index (χ1) is 9.72. The van der Waals surface area contributed by atoms with Crippen LogP contribution in [0.2, 0.25) is 0 Å². The summed E-state index contributed by atoms with van der Waals surface area (Å²) in [5, 5.41) is 3.26. The Morgan fingerprint density at radius 3 is 2.65 bits per heavy atom. The highest BCUT2D eigenvalue weighted by atomic mass is 32.1. The van der Waals surface area contributed by atoms with Crippen molar-refractivity contribution in [3.63, 3.8) is 0 Å². The van der Waals surface area contributed by atoms with Gasteiger partial charge in [-0.1, -0.05) is 12.2 Å². The summed E-state index contributed by atoms with van der Waals surface area (Å²) in [4.78, 5) is 4.37. The summed E-state index contributed by atoms with van der Waals surface area (Å²) < 4.78 is 11.0. The van der Waals surface area contributed by atoms with Gasteiger partial charge in [-0.05, 0) is 24.3 Å². The maximum Gasteiger partial charge on any atom is 0.163 e. The highest BCUT2D eigenvalue weighted by Crippen LogP contribution is 2.33. The average Bonchev–Trinajstić information content (AvgIpc) is 2.47. The van der Waals surface area contributed by atoms with E-state index in [9.17, 15) is 0 Å². The van der Waals surface area contributed by atoms with Gasteiger partial charge in [0, 0.05) is 23.6 Å². The third kappa shape index (κ3) is 2.65. The molecule has 1 aromatic heterocycles. The van der Waals surface area contributed by atoms with E-state index < -0.39 is 0 Å². The van der Waals surface area contributed by atoms with Gasteiger partial charge in [-0.15, -0.1) is 0 Å². The Kier molecular flexibility index (Phi) is 3.39. The van der Waals surface area contributed by atoms with E-state index in [1.807, 2.05) is 24.3 Å². The number of pyridine rings is 1. The minimum absolute atomic E-state index is 0.274. The van der Waals surface area contributed by atoms with E-state index in [-0.39, 0.29) is 4.99 Å². The molecule has 0 fully saturated rings. The number of aromatic nitrogens is 1. The summed E-state index contributed by atoms with van der Waals surface area (Å²) >= 11 is 4.92. The van der Waals surface area contributed by atoms with Crippen molar-refractivity contribution in [3.8, 4) is 11.5 Å². The second kappa shape index (κ2) is 5.34. The number of rotatable bonds is 3. The van der Waals surface area contributed by atoms with Crippen molar-refractivity contribution in [1.29, 1.82) is 0 Å². The molecule has 0 aliphatic carbocycles. The maximum absolute atomic E-state index is 5.57. The largest absolute Gasteiger partial charge is 0.486 e. The number of nitrogens with two attached hydrogens (primary N) is 1. The highest BCUT2D eigenvalue weighted by Gasteiger charge is 2.11. The lowest BCUT2D eigenvalue weighted by Crippen LogP contribution is -2.15. The smallest absolute Gasteiger partial charge is 0.163 e. The zero-order valence-electron chi connectivity index (χ0n) is 10.6. The van der Waals surface area contributed by atoms with Crippen LogP contribution in [-0.4, -0.2) is 23.2 Å². The van der Waals surface area contributed by atoms with Gasteiger partial charge in [0.25, 0.3) is 0 Å². The lowest BCUT2D eigenvalue weighted by molar-refractivity contribution is 0.171. The van der Waals surface area contributed by atoms with E-state index in [1.165, 1.54) is 0 Å². The monoisotopic (exact) mass is 287 g/mol.